The molecule has 2 N–H and O–H groups in total. The lowest BCUT2D eigenvalue weighted by molar-refractivity contribution is -0.172. The third kappa shape index (κ3) is 3.27. The molecule has 2 aliphatic rings. The van der Waals surface area contributed by atoms with Gasteiger partial charge in [-0.25, -0.2) is 14.2 Å². The lowest BCUT2D eigenvalue weighted by atomic mass is 9.86. The number of nitrogens with zero attached hydrogens (tertiary/aromatic N) is 2. The highest BCUT2D eigenvalue weighted by molar-refractivity contribution is 5.89. The van der Waals surface area contributed by atoms with Crippen LogP contribution in [0, 0.1) is 12.7 Å². The summed E-state index contributed by atoms with van der Waals surface area (Å²) < 4.78 is 21.3. The standard InChI is InChI=1S/C26H28FN3O4/c1-4-26(33)19-10-22-23-17(12-30(22)24(31)18(19)13-34-25(26)32)15(7-5-6-8-28-3)16-9-14(2)20(27)11-21(16)29-23/h9-11,28,33H,4-8,12-13H2,1-3H3/t26-/m0/s1. The maximum atomic E-state index is 14.5. The minimum absolute atomic E-state index is 0.0843. The monoisotopic (exact) mass is 465 g/mol. The van der Waals surface area contributed by atoms with Crippen LogP contribution in [0.4, 0.5) is 4.39 Å². The third-order valence-electron chi connectivity index (χ3n) is 7.19. The van der Waals surface area contributed by atoms with Gasteiger partial charge in [-0.1, -0.05) is 6.92 Å². The fourth-order valence-electron chi connectivity index (χ4n) is 5.18. The molecule has 1 atom stereocenters. The molecule has 0 radical (unpaired) electrons. The molecule has 8 heteroatoms. The summed E-state index contributed by atoms with van der Waals surface area (Å²) in [4.78, 5) is 30.6. The smallest absolute Gasteiger partial charge is 0.343 e. The van der Waals surface area contributed by atoms with Gasteiger partial charge in [0.25, 0.3) is 5.56 Å². The molecule has 34 heavy (non-hydrogen) atoms. The number of unbranched alkanes of at least 4 members (excludes halogenated alkanes) is 1. The molecule has 178 valence electrons. The molecule has 1 aromatic carbocycles. The Bertz CT molecular complexity index is 1400. The highest BCUT2D eigenvalue weighted by Crippen LogP contribution is 2.40. The number of aliphatic hydroxyl groups is 1. The van der Waals surface area contributed by atoms with Crippen LogP contribution in [-0.2, 0) is 34.7 Å². The zero-order chi connectivity index (χ0) is 24.2. The number of nitrogens with one attached hydrogen (secondary N) is 1. The maximum absolute atomic E-state index is 14.5. The first kappa shape index (κ1) is 22.7. The molecule has 0 aliphatic carbocycles. The van der Waals surface area contributed by atoms with E-state index in [-0.39, 0.29) is 30.0 Å². The van der Waals surface area contributed by atoms with Gasteiger partial charge in [-0.15, -0.1) is 0 Å². The zero-order valence-electron chi connectivity index (χ0n) is 19.6. The van der Waals surface area contributed by atoms with Gasteiger partial charge in [0.1, 0.15) is 12.4 Å². The first-order chi connectivity index (χ1) is 16.3. The molecule has 2 aromatic heterocycles. The quantitative estimate of drug-likeness (QED) is 0.336. The van der Waals surface area contributed by atoms with Crippen LogP contribution in [0.25, 0.3) is 22.3 Å². The van der Waals surface area contributed by atoms with Crippen molar-refractivity contribution in [1.82, 2.24) is 14.9 Å². The second-order valence-corrected chi connectivity index (χ2v) is 9.20. The zero-order valence-corrected chi connectivity index (χ0v) is 19.6. The number of esters is 1. The molecule has 0 saturated heterocycles. The number of hydrogen-bond donors (Lipinski definition) is 2. The van der Waals surface area contributed by atoms with E-state index in [2.05, 4.69) is 5.32 Å². The van der Waals surface area contributed by atoms with Gasteiger partial charge in [0.15, 0.2) is 5.60 Å². The Hall–Kier alpha value is -3.10. The van der Waals surface area contributed by atoms with E-state index in [0.29, 0.717) is 34.6 Å². The Balaban J connectivity index is 1.74. The van der Waals surface area contributed by atoms with Crippen LogP contribution >= 0.6 is 0 Å². The van der Waals surface area contributed by atoms with Crippen molar-refractivity contribution in [2.75, 3.05) is 13.6 Å². The van der Waals surface area contributed by atoms with Crippen molar-refractivity contribution in [3.8, 4) is 11.4 Å². The van der Waals surface area contributed by atoms with Crippen molar-refractivity contribution in [2.45, 2.75) is 58.3 Å². The molecule has 0 unspecified atom stereocenters. The fourth-order valence-corrected chi connectivity index (χ4v) is 5.18. The number of benzene rings is 1. The van der Waals surface area contributed by atoms with Crippen LogP contribution in [0.1, 0.15) is 54.0 Å². The Morgan fingerprint density at radius 3 is 2.76 bits per heavy atom. The van der Waals surface area contributed by atoms with Gasteiger partial charge in [-0.3, -0.25) is 4.79 Å². The average Bonchev–Trinajstić information content (AvgIpc) is 3.19. The fraction of sp³-hybridized carbons (Fsp3) is 0.423. The highest BCUT2D eigenvalue weighted by Gasteiger charge is 2.45. The predicted octanol–water partition coefficient (Wildman–Crippen LogP) is 3.07. The van der Waals surface area contributed by atoms with E-state index in [0.717, 1.165) is 42.3 Å². The molecular formula is C26H28FN3O4. The average molecular weight is 466 g/mol. The summed E-state index contributed by atoms with van der Waals surface area (Å²) in [5.41, 5.74) is 2.65. The van der Waals surface area contributed by atoms with Gasteiger partial charge >= 0.3 is 5.97 Å². The first-order valence-corrected chi connectivity index (χ1v) is 11.7. The van der Waals surface area contributed by atoms with E-state index in [1.54, 1.807) is 24.5 Å². The molecule has 0 saturated carbocycles. The second-order valence-electron chi connectivity index (χ2n) is 9.20. The largest absolute Gasteiger partial charge is 0.458 e. The normalized spacial score (nSPS) is 18.6. The second kappa shape index (κ2) is 8.29. The summed E-state index contributed by atoms with van der Waals surface area (Å²) >= 11 is 0. The minimum atomic E-state index is -1.87. The number of aromatic nitrogens is 2. The summed E-state index contributed by atoms with van der Waals surface area (Å²) in [5.74, 6) is -1.08. The van der Waals surface area contributed by atoms with Crippen molar-refractivity contribution in [3.63, 3.8) is 0 Å². The van der Waals surface area contributed by atoms with Crippen molar-refractivity contribution >= 4 is 16.9 Å². The number of ether oxygens (including phenoxy) is 1. The van der Waals surface area contributed by atoms with Gasteiger partial charge in [0, 0.05) is 22.6 Å². The molecule has 0 spiro atoms. The van der Waals surface area contributed by atoms with E-state index >= 15 is 0 Å². The van der Waals surface area contributed by atoms with Crippen LogP contribution in [0.3, 0.4) is 0 Å². The Morgan fingerprint density at radius 1 is 1.24 bits per heavy atom. The summed E-state index contributed by atoms with van der Waals surface area (Å²) in [6.45, 7) is 4.49. The molecule has 4 heterocycles. The lowest BCUT2D eigenvalue weighted by Gasteiger charge is -2.31. The van der Waals surface area contributed by atoms with Crippen LogP contribution in [0.2, 0.25) is 0 Å². The van der Waals surface area contributed by atoms with E-state index in [1.165, 1.54) is 6.07 Å². The summed E-state index contributed by atoms with van der Waals surface area (Å²) in [6.07, 6.45) is 2.78. The molecule has 0 amide bonds. The van der Waals surface area contributed by atoms with Crippen molar-refractivity contribution < 1.29 is 19.0 Å². The number of carbonyl (C=O) groups excluding carboxylic acids is 1. The van der Waals surface area contributed by atoms with Gasteiger partial charge in [0.2, 0.25) is 0 Å². The molecule has 2 aliphatic heterocycles. The van der Waals surface area contributed by atoms with Gasteiger partial charge in [0.05, 0.1) is 29.0 Å². The third-order valence-corrected chi connectivity index (χ3v) is 7.19. The number of fused-ring (bicyclic) bond motifs is 5. The molecule has 5 rings (SSSR count). The van der Waals surface area contributed by atoms with Gasteiger partial charge in [-0.2, -0.15) is 0 Å². The Labute approximate surface area is 196 Å². The number of halogens is 1. The molecule has 0 bridgehead atoms. The number of aryl methyl sites for hydroxylation is 2. The van der Waals surface area contributed by atoms with E-state index in [9.17, 15) is 19.1 Å². The van der Waals surface area contributed by atoms with Crippen molar-refractivity contribution in [2.24, 2.45) is 0 Å². The van der Waals surface area contributed by atoms with Crippen LogP contribution in [-0.4, -0.2) is 34.2 Å². The molecule has 0 fully saturated rings. The van der Waals surface area contributed by atoms with E-state index in [1.807, 2.05) is 13.1 Å². The molecule has 3 aromatic rings. The number of rotatable bonds is 6. The maximum Gasteiger partial charge on any atom is 0.343 e. The lowest BCUT2D eigenvalue weighted by Crippen LogP contribution is -2.44. The van der Waals surface area contributed by atoms with E-state index in [4.69, 9.17) is 9.72 Å². The Morgan fingerprint density at radius 2 is 2.03 bits per heavy atom. The predicted molar refractivity (Wildman–Crippen MR) is 126 cm³/mol. The minimum Gasteiger partial charge on any atom is -0.458 e. The topological polar surface area (TPSA) is 93.5 Å². The number of carbonyl (C=O) groups is 1. The van der Waals surface area contributed by atoms with E-state index < -0.39 is 11.6 Å². The van der Waals surface area contributed by atoms with Crippen LogP contribution in [0.15, 0.2) is 23.0 Å². The van der Waals surface area contributed by atoms with Crippen LogP contribution < -0.4 is 10.9 Å². The summed E-state index contributed by atoms with van der Waals surface area (Å²) in [5, 5.41) is 15.1. The van der Waals surface area contributed by atoms with Crippen LogP contribution in [0.5, 0.6) is 0 Å². The van der Waals surface area contributed by atoms with Crippen molar-refractivity contribution in [1.29, 1.82) is 0 Å². The molecular weight excluding hydrogens is 437 g/mol. The van der Waals surface area contributed by atoms with Crippen molar-refractivity contribution in [3.05, 3.63) is 62.2 Å². The molecule has 7 nitrogen and oxygen atoms in total. The van der Waals surface area contributed by atoms with Gasteiger partial charge in [-0.05, 0) is 69.5 Å². The summed E-state index contributed by atoms with van der Waals surface area (Å²) in [7, 11) is 1.92. The Kier molecular flexibility index (Phi) is 5.53. The number of hydrogen-bond acceptors (Lipinski definition) is 6. The summed E-state index contributed by atoms with van der Waals surface area (Å²) in [6, 6.07) is 4.98. The highest BCUT2D eigenvalue weighted by atomic mass is 19.1. The SMILES string of the molecule is CC[C@@]1(O)C(=O)OCc2c1cc1n(c2=O)Cc2c-1nc1cc(F)c(C)cc1c2CCCCNC. The number of cyclic esters (lactones) is 1. The van der Waals surface area contributed by atoms with Gasteiger partial charge < -0.3 is 19.7 Å². The number of pyridine rings is 2. The first-order valence-electron chi connectivity index (χ1n) is 11.7.